The van der Waals surface area contributed by atoms with Gasteiger partial charge in [-0.05, 0) is 132 Å². The molecule has 7 aromatic rings. The summed E-state index contributed by atoms with van der Waals surface area (Å²) in [5, 5.41) is 16.2. The number of anilines is 2. The van der Waals surface area contributed by atoms with Gasteiger partial charge in [0.05, 0.1) is 47.8 Å². The first-order valence-corrected chi connectivity index (χ1v) is 22.4. The number of rotatable bonds is 3. The van der Waals surface area contributed by atoms with E-state index < -0.39 is 0 Å². The Bertz CT molecular complexity index is 2960. The zero-order chi connectivity index (χ0) is 46.4. The second-order valence-corrected chi connectivity index (χ2v) is 16.3. The number of carbonyl (C=O) groups excluding carboxylic acids is 3. The summed E-state index contributed by atoms with van der Waals surface area (Å²) in [5.74, 6) is 10.4. The van der Waals surface area contributed by atoms with E-state index in [9.17, 15) is 14.4 Å². The topological polar surface area (TPSA) is 135 Å². The lowest BCUT2D eigenvalue weighted by molar-refractivity contribution is 0.0949. The molecule has 11 nitrogen and oxygen atoms in total. The molecule has 66 heavy (non-hydrogen) atoms. The number of benzene rings is 6. The van der Waals surface area contributed by atoms with E-state index in [1.54, 1.807) is 14.2 Å². The Hall–Kier alpha value is -7.68. The van der Waals surface area contributed by atoms with Crippen LogP contribution in [0.1, 0.15) is 53.3 Å². The number of terminal acetylenes is 1. The molecular formula is C54H49IN6O5. The van der Waals surface area contributed by atoms with Gasteiger partial charge in [-0.1, -0.05) is 59.7 Å². The van der Waals surface area contributed by atoms with Gasteiger partial charge in [0, 0.05) is 70.6 Å². The highest BCUT2D eigenvalue weighted by atomic mass is 127. The molecular weight excluding hydrogens is 940 g/mol. The maximum Gasteiger partial charge on any atom is 0.253 e. The van der Waals surface area contributed by atoms with Gasteiger partial charge in [-0.15, -0.1) is 6.42 Å². The van der Waals surface area contributed by atoms with Gasteiger partial charge in [0.15, 0.2) is 0 Å². The number of carbonyl (C=O) groups is 3. The zero-order valence-corrected chi connectivity index (χ0v) is 39.0. The average Bonchev–Trinajstić information content (AvgIpc) is 3.45. The average molecular weight is 989 g/mol. The molecule has 332 valence electrons. The number of fused-ring (bicyclic) bond motifs is 2. The number of para-hydroxylation sites is 3. The fourth-order valence-electron chi connectivity index (χ4n) is 7.43. The molecule has 10 rings (SSSR count). The third-order valence-corrected chi connectivity index (χ3v) is 11.7. The smallest absolute Gasteiger partial charge is 0.253 e. The molecule has 12 heteroatoms. The maximum atomic E-state index is 12.2. The summed E-state index contributed by atoms with van der Waals surface area (Å²) < 4.78 is 13.7. The van der Waals surface area contributed by atoms with Gasteiger partial charge in [-0.2, -0.15) is 0 Å². The van der Waals surface area contributed by atoms with E-state index in [-0.39, 0.29) is 17.7 Å². The Morgan fingerprint density at radius 3 is 1.76 bits per heavy atom. The van der Waals surface area contributed by atoms with E-state index in [4.69, 9.17) is 15.9 Å². The highest BCUT2D eigenvalue weighted by molar-refractivity contribution is 14.1. The largest absolute Gasteiger partial charge is 0.497 e. The van der Waals surface area contributed by atoms with E-state index in [0.29, 0.717) is 31.7 Å². The number of halogens is 1. The van der Waals surface area contributed by atoms with E-state index in [1.807, 2.05) is 116 Å². The Morgan fingerprint density at radius 2 is 1.11 bits per heavy atom. The summed E-state index contributed by atoms with van der Waals surface area (Å²) in [7, 11) is 3.30. The van der Waals surface area contributed by atoms with Crippen LogP contribution in [0.15, 0.2) is 133 Å². The number of nitrogens with zero attached hydrogens (tertiary/aromatic N) is 1. The standard InChI is InChI=1S/2C18H16N2O2.C9H9IN2O.C9H8/c1-22-14-7-5-12(6-8-14)16-11-13-3-2-4-15-17(13)20(16)10-9-19-18(15)21;1-22-15-9-6-13(7-10-15)5-8-14-3-2-4-16-17(14)19-11-12-20-18(16)21;10-7-3-1-2-6-8(7)11-4-5-12-9(6)13;1-3-9-6-4-8(2)5-7-9/h2-8,11H,9-10H2,1H3,(H,19,21);2-4,6-7,9-10,19H,11-12H2,1H3,(H,20,21);1-3,11H,4-5H2,(H,12,13);1,4-7H,2H3. The van der Waals surface area contributed by atoms with Crippen LogP contribution < -0.4 is 36.1 Å². The summed E-state index contributed by atoms with van der Waals surface area (Å²) >= 11 is 2.23. The van der Waals surface area contributed by atoms with Crippen molar-refractivity contribution in [1.82, 2.24) is 20.5 Å². The molecule has 0 fully saturated rings. The normalized spacial score (nSPS) is 13.0. The molecule has 0 bridgehead atoms. The van der Waals surface area contributed by atoms with E-state index in [2.05, 4.69) is 95.8 Å². The summed E-state index contributed by atoms with van der Waals surface area (Å²) in [6, 6.07) is 42.8. The van der Waals surface area contributed by atoms with Crippen molar-refractivity contribution in [3.8, 4) is 46.9 Å². The number of hydrogen-bond donors (Lipinski definition) is 5. The molecule has 3 amide bonds. The summed E-state index contributed by atoms with van der Waals surface area (Å²) in [6.45, 7) is 6.23. The maximum absolute atomic E-state index is 12.2. The third kappa shape index (κ3) is 11.3. The molecule has 0 saturated heterocycles. The number of hydrogen-bond acceptors (Lipinski definition) is 7. The molecule has 0 spiro atoms. The predicted molar refractivity (Wildman–Crippen MR) is 272 cm³/mol. The van der Waals surface area contributed by atoms with Crippen LogP contribution in [-0.4, -0.2) is 69.2 Å². The van der Waals surface area contributed by atoms with Crippen LogP contribution in [-0.2, 0) is 6.54 Å². The fraction of sp³-hybridized carbons (Fsp3) is 0.167. The van der Waals surface area contributed by atoms with Crippen LogP contribution in [0.5, 0.6) is 11.5 Å². The van der Waals surface area contributed by atoms with Crippen molar-refractivity contribution in [2.45, 2.75) is 13.5 Å². The second-order valence-electron chi connectivity index (χ2n) is 15.2. The Morgan fingerprint density at radius 1 is 0.576 bits per heavy atom. The molecule has 0 unspecified atom stereocenters. The number of aromatic nitrogens is 1. The van der Waals surface area contributed by atoms with Crippen molar-refractivity contribution < 1.29 is 23.9 Å². The van der Waals surface area contributed by atoms with Crippen molar-refractivity contribution in [3.63, 3.8) is 0 Å². The fourth-order valence-corrected chi connectivity index (χ4v) is 8.12. The molecule has 0 atom stereocenters. The summed E-state index contributed by atoms with van der Waals surface area (Å²) in [5.41, 5.74) is 11.1. The van der Waals surface area contributed by atoms with Crippen molar-refractivity contribution in [3.05, 3.63) is 176 Å². The first kappa shape index (κ1) is 46.3. The monoisotopic (exact) mass is 988 g/mol. The van der Waals surface area contributed by atoms with Crippen molar-refractivity contribution >= 4 is 62.6 Å². The van der Waals surface area contributed by atoms with Crippen LogP contribution in [0.3, 0.4) is 0 Å². The van der Waals surface area contributed by atoms with Crippen LogP contribution in [0.2, 0.25) is 0 Å². The van der Waals surface area contributed by atoms with Crippen molar-refractivity contribution in [1.29, 1.82) is 0 Å². The Kier molecular flexibility index (Phi) is 15.6. The molecule has 0 aliphatic carbocycles. The van der Waals surface area contributed by atoms with Gasteiger partial charge in [0.1, 0.15) is 11.5 Å². The summed E-state index contributed by atoms with van der Waals surface area (Å²) in [4.78, 5) is 35.7. The van der Waals surface area contributed by atoms with Gasteiger partial charge in [0.2, 0.25) is 0 Å². The highest BCUT2D eigenvalue weighted by Crippen LogP contribution is 2.32. The number of nitrogens with one attached hydrogen (secondary N) is 5. The van der Waals surface area contributed by atoms with E-state index >= 15 is 0 Å². The molecule has 3 aliphatic heterocycles. The molecule has 1 aromatic heterocycles. The number of methoxy groups -OCH3 is 2. The minimum absolute atomic E-state index is 0.00345. The lowest BCUT2D eigenvalue weighted by Crippen LogP contribution is -2.24. The van der Waals surface area contributed by atoms with Gasteiger partial charge >= 0.3 is 0 Å². The first-order chi connectivity index (χ1) is 32.2. The number of ether oxygens (including phenoxy) is 2. The molecule has 0 radical (unpaired) electrons. The minimum atomic E-state index is -0.0619. The van der Waals surface area contributed by atoms with Gasteiger partial charge in [-0.25, -0.2) is 0 Å². The van der Waals surface area contributed by atoms with Gasteiger partial charge in [0.25, 0.3) is 17.7 Å². The number of aryl methyl sites for hydroxylation is 1. The summed E-state index contributed by atoms with van der Waals surface area (Å²) in [6.07, 6.45) is 5.15. The molecule has 6 aromatic carbocycles. The predicted octanol–water partition coefficient (Wildman–Crippen LogP) is 8.73. The molecule has 5 N–H and O–H groups in total. The van der Waals surface area contributed by atoms with Crippen LogP contribution >= 0.6 is 22.6 Å². The third-order valence-electron chi connectivity index (χ3n) is 10.8. The lowest BCUT2D eigenvalue weighted by Gasteiger charge is -2.09. The number of amides is 3. The van der Waals surface area contributed by atoms with E-state index in [0.717, 1.165) is 89.5 Å². The Labute approximate surface area is 398 Å². The molecule has 3 aliphatic rings. The van der Waals surface area contributed by atoms with Gasteiger partial charge < -0.3 is 40.6 Å². The van der Waals surface area contributed by atoms with Crippen molar-refractivity contribution in [2.75, 3.05) is 57.6 Å². The quantitative estimate of drug-likeness (QED) is 0.0884. The molecule has 4 heterocycles. The lowest BCUT2D eigenvalue weighted by atomic mass is 10.1. The zero-order valence-electron chi connectivity index (χ0n) is 36.9. The van der Waals surface area contributed by atoms with E-state index in [1.165, 1.54) is 5.56 Å². The highest BCUT2D eigenvalue weighted by Gasteiger charge is 2.21. The molecule has 0 saturated carbocycles. The Balaban J connectivity index is 0.000000138. The van der Waals surface area contributed by atoms with Crippen LogP contribution in [0.25, 0.3) is 22.2 Å². The SMILES string of the molecule is C#Cc1ccc(C)cc1.COc1ccc(-c2cc3cccc4c3n2CCNC4=O)cc1.COc1ccc(C#Cc2cccc3c2NCCNC3=O)cc1.O=C1NCCNc2c(I)cccc21. The van der Waals surface area contributed by atoms with Crippen LogP contribution in [0, 0.1) is 34.7 Å². The van der Waals surface area contributed by atoms with Gasteiger partial charge in [-0.3, -0.25) is 14.4 Å². The second kappa shape index (κ2) is 22.3. The first-order valence-electron chi connectivity index (χ1n) is 21.4. The van der Waals surface area contributed by atoms with Crippen LogP contribution in [0.4, 0.5) is 11.4 Å². The minimum Gasteiger partial charge on any atom is -0.497 e. The van der Waals surface area contributed by atoms with Crippen molar-refractivity contribution in [2.24, 2.45) is 0 Å².